The number of rotatable bonds is 8. The minimum atomic E-state index is -0.258. The third-order valence-corrected chi connectivity index (χ3v) is 7.91. The first-order valence-corrected chi connectivity index (χ1v) is 13.3. The van der Waals surface area contributed by atoms with Gasteiger partial charge >= 0.3 is 0 Å². The number of nitrogens with one attached hydrogen (secondary N) is 2. The molecule has 6 rings (SSSR count). The molecule has 0 atom stereocenters. The maximum atomic E-state index is 13.1. The molecule has 0 saturated carbocycles. The standard InChI is InChI=1S/C25H28N8O3S/c1-36-10-9-32-14-17(13-28-32)19-15-33-25(37-19)20-22(30-33)21-18(29-24(20)35)11-16(12-27-21)23(34)26-5-8-31-6-3-2-4-7-31/h11-15H,2-10H2,1H3,(H,26,34)(H,29,35). The van der Waals surface area contributed by atoms with Gasteiger partial charge in [0.25, 0.3) is 11.5 Å². The van der Waals surface area contributed by atoms with E-state index in [4.69, 9.17) is 4.74 Å². The highest BCUT2D eigenvalue weighted by Gasteiger charge is 2.19. The summed E-state index contributed by atoms with van der Waals surface area (Å²) in [5.74, 6) is -0.200. The smallest absolute Gasteiger partial charge is 0.261 e. The maximum Gasteiger partial charge on any atom is 0.261 e. The minimum Gasteiger partial charge on any atom is -0.383 e. The molecule has 2 N–H and O–H groups in total. The zero-order valence-electron chi connectivity index (χ0n) is 20.6. The summed E-state index contributed by atoms with van der Waals surface area (Å²) < 4.78 is 8.65. The van der Waals surface area contributed by atoms with Crippen LogP contribution in [-0.2, 0) is 11.3 Å². The number of carbonyl (C=O) groups excluding carboxylic acids is 1. The largest absolute Gasteiger partial charge is 0.383 e. The molecule has 1 fully saturated rings. The second-order valence-corrected chi connectivity index (χ2v) is 10.3. The van der Waals surface area contributed by atoms with E-state index in [1.165, 1.54) is 30.6 Å². The van der Waals surface area contributed by atoms with Gasteiger partial charge in [0.2, 0.25) is 0 Å². The number of nitrogens with zero attached hydrogens (tertiary/aromatic N) is 6. The Hall–Kier alpha value is -3.61. The molecule has 0 aromatic carbocycles. The summed E-state index contributed by atoms with van der Waals surface area (Å²) in [6, 6.07) is 1.67. The first kappa shape index (κ1) is 23.8. The molecule has 12 heteroatoms. The molecule has 1 aliphatic heterocycles. The van der Waals surface area contributed by atoms with Crippen LogP contribution in [0, 0.1) is 0 Å². The van der Waals surface area contributed by atoms with Crippen molar-refractivity contribution in [3.05, 3.63) is 46.8 Å². The van der Waals surface area contributed by atoms with Crippen LogP contribution in [0.1, 0.15) is 29.6 Å². The number of piperidine rings is 1. The predicted molar refractivity (Wildman–Crippen MR) is 142 cm³/mol. The van der Waals surface area contributed by atoms with Crippen LogP contribution in [0.15, 0.2) is 35.6 Å². The number of fused-ring (bicyclic) bond motifs is 5. The molecule has 5 aromatic rings. The Balaban J connectivity index is 1.25. The fraction of sp³-hybridized carbons (Fsp3) is 0.400. The molecule has 6 heterocycles. The van der Waals surface area contributed by atoms with Crippen molar-refractivity contribution in [2.75, 3.05) is 39.9 Å². The van der Waals surface area contributed by atoms with E-state index in [1.54, 1.807) is 30.1 Å². The van der Waals surface area contributed by atoms with Crippen molar-refractivity contribution in [1.29, 1.82) is 0 Å². The molecule has 0 bridgehead atoms. The molecule has 0 spiro atoms. The molecule has 1 saturated heterocycles. The summed E-state index contributed by atoms with van der Waals surface area (Å²) in [5.41, 5.74) is 2.67. The third kappa shape index (κ3) is 4.63. The van der Waals surface area contributed by atoms with E-state index in [9.17, 15) is 9.59 Å². The van der Waals surface area contributed by atoms with Gasteiger partial charge in [-0.15, -0.1) is 11.3 Å². The van der Waals surface area contributed by atoms with Crippen LogP contribution in [0.25, 0.3) is 37.2 Å². The van der Waals surface area contributed by atoms with E-state index >= 15 is 0 Å². The highest BCUT2D eigenvalue weighted by Crippen LogP contribution is 2.33. The van der Waals surface area contributed by atoms with Crippen LogP contribution in [0.5, 0.6) is 0 Å². The lowest BCUT2D eigenvalue weighted by Crippen LogP contribution is -2.37. The topological polar surface area (TPSA) is 122 Å². The van der Waals surface area contributed by atoms with Crippen molar-refractivity contribution in [3.8, 4) is 10.4 Å². The number of aromatic amines is 1. The summed E-state index contributed by atoms with van der Waals surface area (Å²) in [7, 11) is 1.66. The zero-order valence-corrected chi connectivity index (χ0v) is 21.4. The molecule has 0 radical (unpaired) electrons. The average molecular weight is 521 g/mol. The van der Waals surface area contributed by atoms with Crippen LogP contribution in [-0.4, -0.2) is 80.1 Å². The van der Waals surface area contributed by atoms with Gasteiger partial charge in [0.15, 0.2) is 0 Å². The van der Waals surface area contributed by atoms with Crippen LogP contribution < -0.4 is 10.9 Å². The van der Waals surface area contributed by atoms with Crippen molar-refractivity contribution in [2.24, 2.45) is 0 Å². The summed E-state index contributed by atoms with van der Waals surface area (Å²) in [6.07, 6.45) is 10.9. The Bertz CT molecular complexity index is 1640. The van der Waals surface area contributed by atoms with Gasteiger partial charge in [0.05, 0.1) is 35.3 Å². The fourth-order valence-electron chi connectivity index (χ4n) is 4.82. The summed E-state index contributed by atoms with van der Waals surface area (Å²) in [6.45, 7) is 4.84. The van der Waals surface area contributed by atoms with Gasteiger partial charge < -0.3 is 19.9 Å². The molecule has 5 aromatic heterocycles. The maximum absolute atomic E-state index is 13.1. The minimum absolute atomic E-state index is 0.200. The van der Waals surface area contributed by atoms with E-state index in [2.05, 4.69) is 30.4 Å². The van der Waals surface area contributed by atoms with Gasteiger partial charge in [-0.2, -0.15) is 10.2 Å². The monoisotopic (exact) mass is 520 g/mol. The molecule has 11 nitrogen and oxygen atoms in total. The van der Waals surface area contributed by atoms with Crippen molar-refractivity contribution in [2.45, 2.75) is 25.8 Å². The lowest BCUT2D eigenvalue weighted by Gasteiger charge is -2.26. The van der Waals surface area contributed by atoms with E-state index in [-0.39, 0.29) is 11.5 Å². The number of likely N-dealkylation sites (tertiary alicyclic amines) is 1. The number of methoxy groups -OCH3 is 1. The number of ether oxygens (including phenoxy) is 1. The Kier molecular flexibility index (Phi) is 6.45. The van der Waals surface area contributed by atoms with Gasteiger partial charge in [0, 0.05) is 44.4 Å². The summed E-state index contributed by atoms with van der Waals surface area (Å²) in [4.78, 5) is 37.3. The second-order valence-electron chi connectivity index (χ2n) is 9.29. The van der Waals surface area contributed by atoms with Gasteiger partial charge in [-0.05, 0) is 32.0 Å². The van der Waals surface area contributed by atoms with E-state index in [0.717, 1.165) is 34.9 Å². The average Bonchev–Trinajstić information content (AvgIpc) is 3.62. The highest BCUT2D eigenvalue weighted by atomic mass is 32.1. The summed E-state index contributed by atoms with van der Waals surface area (Å²) >= 11 is 1.48. The lowest BCUT2D eigenvalue weighted by molar-refractivity contribution is 0.0946. The highest BCUT2D eigenvalue weighted by molar-refractivity contribution is 7.21. The molecule has 1 aliphatic rings. The number of hydrogen-bond donors (Lipinski definition) is 2. The predicted octanol–water partition coefficient (Wildman–Crippen LogP) is 2.51. The molecular formula is C25H28N8O3S. The van der Waals surface area contributed by atoms with Crippen molar-refractivity contribution >= 4 is 44.0 Å². The van der Waals surface area contributed by atoms with E-state index < -0.39 is 0 Å². The number of amides is 1. The van der Waals surface area contributed by atoms with Crippen LogP contribution >= 0.6 is 11.3 Å². The SMILES string of the molecule is COCCn1cc(-c2cn3nc4c5ncc(C(=O)NCCN6CCCCC6)cc5[nH]c(=O)c4c3s2)cn1. The van der Waals surface area contributed by atoms with Crippen LogP contribution in [0.3, 0.4) is 0 Å². The Morgan fingerprint density at radius 3 is 2.86 bits per heavy atom. The van der Waals surface area contributed by atoms with Gasteiger partial charge in [-0.1, -0.05) is 6.42 Å². The van der Waals surface area contributed by atoms with Gasteiger partial charge in [-0.3, -0.25) is 19.3 Å². The van der Waals surface area contributed by atoms with Crippen molar-refractivity contribution in [3.63, 3.8) is 0 Å². The molecule has 0 unspecified atom stereocenters. The van der Waals surface area contributed by atoms with Gasteiger partial charge in [-0.25, -0.2) is 4.52 Å². The van der Waals surface area contributed by atoms with Crippen LogP contribution in [0.2, 0.25) is 0 Å². The number of pyridine rings is 2. The number of H-pyrrole nitrogens is 1. The zero-order chi connectivity index (χ0) is 25.4. The summed E-state index contributed by atoms with van der Waals surface area (Å²) in [5, 5.41) is 12.5. The Labute approximate surface area is 216 Å². The second kappa shape index (κ2) is 10.0. The Morgan fingerprint density at radius 1 is 1.16 bits per heavy atom. The van der Waals surface area contributed by atoms with E-state index in [0.29, 0.717) is 47.2 Å². The normalized spacial score (nSPS) is 14.7. The Morgan fingerprint density at radius 2 is 2.03 bits per heavy atom. The molecular weight excluding hydrogens is 492 g/mol. The lowest BCUT2D eigenvalue weighted by atomic mass is 10.1. The number of carbonyl (C=O) groups is 1. The van der Waals surface area contributed by atoms with Crippen molar-refractivity contribution < 1.29 is 9.53 Å². The molecule has 192 valence electrons. The van der Waals surface area contributed by atoms with Crippen LogP contribution in [0.4, 0.5) is 0 Å². The van der Waals surface area contributed by atoms with E-state index in [1.807, 2.05) is 17.1 Å². The number of aromatic nitrogens is 6. The first-order valence-electron chi connectivity index (χ1n) is 12.5. The number of hydrogen-bond acceptors (Lipinski definition) is 8. The first-order chi connectivity index (χ1) is 18.1. The quantitative estimate of drug-likeness (QED) is 0.322. The van der Waals surface area contributed by atoms with Gasteiger partial charge in [0.1, 0.15) is 21.3 Å². The fourth-order valence-corrected chi connectivity index (χ4v) is 5.88. The van der Waals surface area contributed by atoms with Crippen molar-refractivity contribution in [1.82, 2.24) is 39.6 Å². The number of thiazole rings is 1. The third-order valence-electron chi connectivity index (χ3n) is 6.77. The molecule has 37 heavy (non-hydrogen) atoms. The molecule has 0 aliphatic carbocycles. The molecule has 1 amide bonds.